The molecule has 1 N–H and O–H groups in total. The topological polar surface area (TPSA) is 56.8 Å². The zero-order valence-electron chi connectivity index (χ0n) is 13.5. The fourth-order valence-corrected chi connectivity index (χ4v) is 2.37. The van der Waals surface area contributed by atoms with Gasteiger partial charge in [0.1, 0.15) is 5.75 Å². The lowest BCUT2D eigenvalue weighted by molar-refractivity contribution is -0.116. The summed E-state index contributed by atoms with van der Waals surface area (Å²) in [7, 11) is 1.62. The first-order valence-corrected chi connectivity index (χ1v) is 7.73. The summed E-state index contributed by atoms with van der Waals surface area (Å²) >= 11 is 0. The molecule has 0 fully saturated rings. The van der Waals surface area contributed by atoms with Crippen LogP contribution in [0.15, 0.2) is 48.5 Å². The average Bonchev–Trinajstić information content (AvgIpc) is 3.08. The van der Waals surface area contributed by atoms with Gasteiger partial charge < -0.3 is 19.5 Å². The molecule has 24 heavy (non-hydrogen) atoms. The summed E-state index contributed by atoms with van der Waals surface area (Å²) in [5.74, 6) is 2.20. The highest BCUT2D eigenvalue weighted by atomic mass is 16.7. The Labute approximate surface area is 140 Å². The molecule has 0 spiro atoms. The van der Waals surface area contributed by atoms with Crippen LogP contribution < -0.4 is 19.5 Å². The van der Waals surface area contributed by atoms with Crippen LogP contribution in [0.25, 0.3) is 6.08 Å². The molecule has 5 heteroatoms. The van der Waals surface area contributed by atoms with Crippen LogP contribution in [0.3, 0.4) is 0 Å². The van der Waals surface area contributed by atoms with Gasteiger partial charge in [0.15, 0.2) is 11.5 Å². The van der Waals surface area contributed by atoms with E-state index in [9.17, 15) is 4.79 Å². The van der Waals surface area contributed by atoms with Gasteiger partial charge in [-0.25, -0.2) is 0 Å². The van der Waals surface area contributed by atoms with E-state index in [1.54, 1.807) is 13.2 Å². The molecule has 1 aliphatic heterocycles. The fourth-order valence-electron chi connectivity index (χ4n) is 2.37. The van der Waals surface area contributed by atoms with Crippen molar-refractivity contribution in [2.45, 2.75) is 6.42 Å². The zero-order chi connectivity index (χ0) is 16.8. The van der Waals surface area contributed by atoms with E-state index in [0.717, 1.165) is 34.8 Å². The molecule has 124 valence electrons. The Kier molecular flexibility index (Phi) is 5.01. The van der Waals surface area contributed by atoms with Crippen molar-refractivity contribution in [3.63, 3.8) is 0 Å². The van der Waals surface area contributed by atoms with Crippen molar-refractivity contribution in [1.82, 2.24) is 5.32 Å². The van der Waals surface area contributed by atoms with Crippen LogP contribution >= 0.6 is 0 Å². The highest BCUT2D eigenvalue weighted by Gasteiger charge is 2.12. The fraction of sp³-hybridized carbons (Fsp3) is 0.211. The maximum absolute atomic E-state index is 11.8. The van der Waals surface area contributed by atoms with Gasteiger partial charge in [-0.1, -0.05) is 18.2 Å². The van der Waals surface area contributed by atoms with E-state index in [-0.39, 0.29) is 12.7 Å². The summed E-state index contributed by atoms with van der Waals surface area (Å²) in [6, 6.07) is 13.3. The van der Waals surface area contributed by atoms with Gasteiger partial charge in [-0.05, 0) is 47.9 Å². The predicted octanol–water partition coefficient (Wildman–Crippen LogP) is 2.80. The molecule has 0 radical (unpaired) electrons. The number of benzene rings is 2. The molecule has 5 nitrogen and oxygen atoms in total. The number of nitrogens with one attached hydrogen (secondary N) is 1. The highest BCUT2D eigenvalue weighted by molar-refractivity contribution is 5.91. The summed E-state index contributed by atoms with van der Waals surface area (Å²) < 4.78 is 15.7. The molecule has 0 aromatic heterocycles. The van der Waals surface area contributed by atoms with Crippen LogP contribution in [0.5, 0.6) is 17.2 Å². The molecular weight excluding hydrogens is 306 g/mol. The number of methoxy groups -OCH3 is 1. The van der Waals surface area contributed by atoms with Gasteiger partial charge in [-0.2, -0.15) is 0 Å². The molecule has 3 rings (SSSR count). The number of fused-ring (bicyclic) bond motifs is 1. The Balaban J connectivity index is 1.46. The molecule has 0 saturated carbocycles. The number of hydrogen-bond acceptors (Lipinski definition) is 4. The first-order chi connectivity index (χ1) is 11.7. The van der Waals surface area contributed by atoms with Gasteiger partial charge in [-0.15, -0.1) is 0 Å². The van der Waals surface area contributed by atoms with Crippen molar-refractivity contribution in [1.29, 1.82) is 0 Å². The summed E-state index contributed by atoms with van der Waals surface area (Å²) in [4.78, 5) is 11.8. The number of carbonyl (C=O) groups excluding carboxylic acids is 1. The van der Waals surface area contributed by atoms with Crippen molar-refractivity contribution in [3.8, 4) is 17.2 Å². The molecule has 0 saturated heterocycles. The van der Waals surface area contributed by atoms with Crippen LogP contribution in [0.2, 0.25) is 0 Å². The van der Waals surface area contributed by atoms with E-state index in [4.69, 9.17) is 14.2 Å². The minimum absolute atomic E-state index is 0.119. The van der Waals surface area contributed by atoms with E-state index in [0.29, 0.717) is 6.54 Å². The summed E-state index contributed by atoms with van der Waals surface area (Å²) in [5, 5.41) is 2.87. The molecule has 0 aliphatic carbocycles. The molecule has 1 amide bonds. The molecule has 2 aromatic carbocycles. The van der Waals surface area contributed by atoms with Gasteiger partial charge in [0.25, 0.3) is 0 Å². The monoisotopic (exact) mass is 325 g/mol. The maximum atomic E-state index is 11.8. The van der Waals surface area contributed by atoms with Crippen molar-refractivity contribution in [3.05, 3.63) is 59.7 Å². The van der Waals surface area contributed by atoms with Crippen molar-refractivity contribution in [2.75, 3.05) is 20.4 Å². The minimum Gasteiger partial charge on any atom is -0.497 e. The molecule has 0 unspecified atom stereocenters. The quantitative estimate of drug-likeness (QED) is 0.830. The molecular formula is C19H19NO4. The molecule has 0 bridgehead atoms. The normalized spacial score (nSPS) is 12.4. The zero-order valence-corrected chi connectivity index (χ0v) is 13.5. The van der Waals surface area contributed by atoms with E-state index in [2.05, 4.69) is 5.32 Å². The van der Waals surface area contributed by atoms with Crippen molar-refractivity contribution in [2.24, 2.45) is 0 Å². The standard InChI is InChI=1S/C19H19NO4/c1-22-16-6-2-14(3-7-16)5-9-19(21)20-11-10-15-4-8-17-18(12-15)24-13-23-17/h2-9,12H,10-11,13H2,1H3,(H,20,21). The molecule has 1 heterocycles. The minimum atomic E-state index is -0.119. The van der Waals surface area contributed by atoms with Crippen LogP contribution in [-0.4, -0.2) is 26.4 Å². The predicted molar refractivity (Wildman–Crippen MR) is 91.3 cm³/mol. The highest BCUT2D eigenvalue weighted by Crippen LogP contribution is 2.32. The van der Waals surface area contributed by atoms with Gasteiger partial charge in [0.2, 0.25) is 12.7 Å². The lowest BCUT2D eigenvalue weighted by atomic mass is 10.1. The smallest absolute Gasteiger partial charge is 0.244 e. The van der Waals surface area contributed by atoms with Crippen molar-refractivity contribution < 1.29 is 19.0 Å². The Morgan fingerprint density at radius 2 is 1.96 bits per heavy atom. The molecule has 1 aliphatic rings. The lowest BCUT2D eigenvalue weighted by Crippen LogP contribution is -2.23. The SMILES string of the molecule is COc1ccc(C=CC(=O)NCCc2ccc3c(c2)OCO3)cc1. The molecule has 0 atom stereocenters. The third-order valence-electron chi connectivity index (χ3n) is 3.69. The van der Waals surface area contributed by atoms with E-state index in [1.807, 2.05) is 42.5 Å². The lowest BCUT2D eigenvalue weighted by Gasteiger charge is -2.04. The van der Waals surface area contributed by atoms with Gasteiger partial charge in [-0.3, -0.25) is 4.79 Å². The number of amides is 1. The van der Waals surface area contributed by atoms with Crippen LogP contribution in [0.4, 0.5) is 0 Å². The maximum Gasteiger partial charge on any atom is 0.244 e. The van der Waals surface area contributed by atoms with Gasteiger partial charge in [0, 0.05) is 12.6 Å². The first kappa shape index (κ1) is 15.9. The average molecular weight is 325 g/mol. The number of carbonyl (C=O) groups is 1. The van der Waals surface area contributed by atoms with Gasteiger partial charge in [0.05, 0.1) is 7.11 Å². The Bertz CT molecular complexity index is 738. The van der Waals surface area contributed by atoms with E-state index in [1.165, 1.54) is 6.08 Å². The second-order valence-electron chi connectivity index (χ2n) is 5.34. The Morgan fingerprint density at radius 1 is 1.17 bits per heavy atom. The third-order valence-corrected chi connectivity index (χ3v) is 3.69. The van der Waals surface area contributed by atoms with E-state index >= 15 is 0 Å². The second-order valence-corrected chi connectivity index (χ2v) is 5.34. The van der Waals surface area contributed by atoms with Crippen LogP contribution in [-0.2, 0) is 11.2 Å². The Morgan fingerprint density at radius 3 is 2.75 bits per heavy atom. The molecule has 2 aromatic rings. The Hall–Kier alpha value is -2.95. The third kappa shape index (κ3) is 4.07. The van der Waals surface area contributed by atoms with Gasteiger partial charge >= 0.3 is 0 Å². The largest absolute Gasteiger partial charge is 0.497 e. The van der Waals surface area contributed by atoms with Crippen LogP contribution in [0.1, 0.15) is 11.1 Å². The number of ether oxygens (including phenoxy) is 3. The van der Waals surface area contributed by atoms with E-state index < -0.39 is 0 Å². The summed E-state index contributed by atoms with van der Waals surface area (Å²) in [5.41, 5.74) is 2.04. The summed E-state index contributed by atoms with van der Waals surface area (Å²) in [6.45, 7) is 0.830. The first-order valence-electron chi connectivity index (χ1n) is 7.73. The number of hydrogen-bond donors (Lipinski definition) is 1. The van der Waals surface area contributed by atoms with Crippen LogP contribution in [0, 0.1) is 0 Å². The van der Waals surface area contributed by atoms with Crippen molar-refractivity contribution >= 4 is 12.0 Å². The second kappa shape index (κ2) is 7.55. The number of rotatable bonds is 6. The summed E-state index contributed by atoms with van der Waals surface area (Å²) in [6.07, 6.45) is 4.04.